The third-order valence-corrected chi connectivity index (χ3v) is 5.91. The molecule has 1 aliphatic rings. The number of hydrogen-bond donors (Lipinski definition) is 1. The van der Waals surface area contributed by atoms with Crippen LogP contribution in [0, 0.1) is 6.92 Å². The maximum Gasteiger partial charge on any atom is 0.251 e. The average Bonchev–Trinajstić information content (AvgIpc) is 2.94. The molecule has 6 heteroatoms. The number of benzene rings is 2. The number of nitrogens with one attached hydrogen (secondary N) is 1. The molecule has 1 aliphatic heterocycles. The zero-order valence-corrected chi connectivity index (χ0v) is 15.7. The van der Waals surface area contributed by atoms with Crippen LogP contribution < -0.4 is 10.2 Å². The first-order valence-electron chi connectivity index (χ1n) is 8.58. The number of anilines is 1. The zero-order chi connectivity index (χ0) is 18.7. The molecule has 0 saturated heterocycles. The minimum absolute atomic E-state index is 0.195. The molecule has 0 saturated carbocycles. The molecule has 3 rings (SSSR count). The van der Waals surface area contributed by atoms with Gasteiger partial charge in [-0.3, -0.25) is 4.79 Å². The second kappa shape index (κ2) is 7.33. The molecule has 0 bridgehead atoms. The van der Waals surface area contributed by atoms with Gasteiger partial charge in [0.1, 0.15) is 0 Å². The molecule has 136 valence electrons. The van der Waals surface area contributed by atoms with Crippen molar-refractivity contribution in [2.45, 2.75) is 18.7 Å². The molecule has 0 unspecified atom stereocenters. The number of rotatable bonds is 6. The molecule has 26 heavy (non-hydrogen) atoms. The van der Waals surface area contributed by atoms with Crippen molar-refractivity contribution in [1.82, 2.24) is 5.32 Å². The van der Waals surface area contributed by atoms with Crippen molar-refractivity contribution in [1.29, 1.82) is 0 Å². The predicted octanol–water partition coefficient (Wildman–Crippen LogP) is 3.01. The van der Waals surface area contributed by atoms with E-state index < -0.39 is 9.84 Å². The van der Waals surface area contributed by atoms with Crippen LogP contribution in [0.1, 0.15) is 28.4 Å². The van der Waals surface area contributed by atoms with Crippen LogP contribution in [-0.2, 0) is 9.84 Å². The summed E-state index contributed by atoms with van der Waals surface area (Å²) in [7, 11) is -3.41. The van der Waals surface area contributed by atoms with Gasteiger partial charge in [0.25, 0.3) is 5.91 Å². The van der Waals surface area contributed by atoms with Gasteiger partial charge in [0.05, 0.1) is 4.90 Å². The number of hydrogen-bond acceptors (Lipinski definition) is 4. The molecule has 0 fully saturated rings. The molecule has 0 atom stereocenters. The fraction of sp³-hybridized carbons (Fsp3) is 0.250. The van der Waals surface area contributed by atoms with Gasteiger partial charge in [0.2, 0.25) is 0 Å². The molecule has 0 radical (unpaired) electrons. The van der Waals surface area contributed by atoms with Gasteiger partial charge in [0.15, 0.2) is 9.84 Å². The largest absolute Gasteiger partial charge is 0.370 e. The standard InChI is InChI=1S/C20H22N2O3S/c1-3-22(16-7-4-6-15(2)14-16)12-11-21-20(23)18-8-5-9-19-17(18)10-13-26(19,24)25/h4-10,13-14H,3,11-12H2,1-2H3,(H,21,23). The smallest absolute Gasteiger partial charge is 0.251 e. The number of aryl methyl sites for hydroxylation is 1. The van der Waals surface area contributed by atoms with Gasteiger partial charge in [0, 0.05) is 41.9 Å². The van der Waals surface area contributed by atoms with Gasteiger partial charge < -0.3 is 10.2 Å². The lowest BCUT2D eigenvalue weighted by atomic mass is 10.1. The van der Waals surface area contributed by atoms with Crippen molar-refractivity contribution in [2.24, 2.45) is 0 Å². The SMILES string of the molecule is CCN(CCNC(=O)c1cccc2c1C=CS2(=O)=O)c1cccc(C)c1. The molecule has 1 N–H and O–H groups in total. The fourth-order valence-corrected chi connectivity index (χ4v) is 4.30. The Kier molecular flexibility index (Phi) is 5.13. The maximum atomic E-state index is 12.5. The Balaban J connectivity index is 1.67. The maximum absolute atomic E-state index is 12.5. The summed E-state index contributed by atoms with van der Waals surface area (Å²) in [5.41, 5.74) is 3.17. The van der Waals surface area contributed by atoms with E-state index in [0.29, 0.717) is 24.2 Å². The Morgan fingerprint density at radius 3 is 2.65 bits per heavy atom. The van der Waals surface area contributed by atoms with Crippen LogP contribution in [0.5, 0.6) is 0 Å². The highest BCUT2D eigenvalue weighted by molar-refractivity contribution is 7.94. The third kappa shape index (κ3) is 3.65. The molecule has 0 aromatic heterocycles. The normalized spacial score (nSPS) is 14.1. The topological polar surface area (TPSA) is 66.5 Å². The van der Waals surface area contributed by atoms with Crippen LogP contribution >= 0.6 is 0 Å². The molecule has 5 nitrogen and oxygen atoms in total. The van der Waals surface area contributed by atoms with Crippen LogP contribution in [-0.4, -0.2) is 34.0 Å². The van der Waals surface area contributed by atoms with Gasteiger partial charge >= 0.3 is 0 Å². The van der Waals surface area contributed by atoms with E-state index >= 15 is 0 Å². The Morgan fingerprint density at radius 1 is 1.15 bits per heavy atom. The summed E-state index contributed by atoms with van der Waals surface area (Å²) in [5, 5.41) is 4.04. The van der Waals surface area contributed by atoms with Crippen molar-refractivity contribution in [3.8, 4) is 0 Å². The van der Waals surface area contributed by atoms with E-state index in [1.165, 1.54) is 17.7 Å². The molecule has 0 aliphatic carbocycles. The first-order valence-corrected chi connectivity index (χ1v) is 10.1. The number of nitrogens with zero attached hydrogens (tertiary/aromatic N) is 1. The summed E-state index contributed by atoms with van der Waals surface area (Å²) < 4.78 is 23.9. The van der Waals surface area contributed by atoms with Gasteiger partial charge in [-0.15, -0.1) is 0 Å². The van der Waals surface area contributed by atoms with Crippen molar-refractivity contribution < 1.29 is 13.2 Å². The van der Waals surface area contributed by atoms with Crippen molar-refractivity contribution in [2.75, 3.05) is 24.5 Å². The Labute approximate surface area is 154 Å². The second-order valence-corrected chi connectivity index (χ2v) is 8.04. The minimum atomic E-state index is -3.41. The number of carbonyl (C=O) groups is 1. The van der Waals surface area contributed by atoms with Crippen molar-refractivity contribution in [3.05, 3.63) is 64.6 Å². The monoisotopic (exact) mass is 370 g/mol. The number of carbonyl (C=O) groups excluding carboxylic acids is 1. The van der Waals surface area contributed by atoms with Crippen LogP contribution in [0.2, 0.25) is 0 Å². The first-order chi connectivity index (χ1) is 12.4. The van der Waals surface area contributed by atoms with Crippen LogP contribution in [0.25, 0.3) is 6.08 Å². The summed E-state index contributed by atoms with van der Waals surface area (Å²) in [4.78, 5) is 14.9. The van der Waals surface area contributed by atoms with Gasteiger partial charge in [-0.2, -0.15) is 0 Å². The Hall–Kier alpha value is -2.60. The number of likely N-dealkylation sites (N-methyl/N-ethyl adjacent to an activating group) is 1. The van der Waals surface area contributed by atoms with Crippen molar-refractivity contribution in [3.63, 3.8) is 0 Å². The number of fused-ring (bicyclic) bond motifs is 1. The van der Waals surface area contributed by atoms with Gasteiger partial charge in [-0.25, -0.2) is 8.42 Å². The van der Waals surface area contributed by atoms with E-state index in [4.69, 9.17) is 0 Å². The molecule has 0 spiro atoms. The summed E-state index contributed by atoms with van der Waals surface area (Å²) in [5.74, 6) is -0.260. The van der Waals surface area contributed by atoms with E-state index in [-0.39, 0.29) is 10.8 Å². The summed E-state index contributed by atoms with van der Waals surface area (Å²) in [6, 6.07) is 13.0. The lowest BCUT2D eigenvalue weighted by Crippen LogP contribution is -2.35. The van der Waals surface area contributed by atoms with E-state index in [1.54, 1.807) is 12.1 Å². The predicted molar refractivity (Wildman–Crippen MR) is 104 cm³/mol. The lowest BCUT2D eigenvalue weighted by Gasteiger charge is -2.23. The molecular weight excluding hydrogens is 348 g/mol. The number of amides is 1. The second-order valence-electron chi connectivity index (χ2n) is 6.24. The van der Waals surface area contributed by atoms with E-state index in [9.17, 15) is 13.2 Å². The first kappa shape index (κ1) is 18.2. The zero-order valence-electron chi connectivity index (χ0n) is 14.9. The fourth-order valence-electron chi connectivity index (χ4n) is 3.09. The molecule has 1 amide bonds. The van der Waals surface area contributed by atoms with Crippen LogP contribution in [0.3, 0.4) is 0 Å². The highest BCUT2D eigenvalue weighted by Gasteiger charge is 2.24. The molecular formula is C20H22N2O3S. The third-order valence-electron chi connectivity index (χ3n) is 4.45. The average molecular weight is 370 g/mol. The molecule has 1 heterocycles. The summed E-state index contributed by atoms with van der Waals surface area (Å²) in [6.07, 6.45) is 1.49. The molecule has 2 aromatic carbocycles. The highest BCUT2D eigenvalue weighted by Crippen LogP contribution is 2.29. The van der Waals surface area contributed by atoms with E-state index in [1.807, 2.05) is 6.07 Å². The summed E-state index contributed by atoms with van der Waals surface area (Å²) >= 11 is 0. The lowest BCUT2D eigenvalue weighted by molar-refractivity contribution is 0.0954. The highest BCUT2D eigenvalue weighted by atomic mass is 32.2. The Morgan fingerprint density at radius 2 is 1.92 bits per heavy atom. The van der Waals surface area contributed by atoms with Gasteiger partial charge in [-0.05, 0) is 49.8 Å². The summed E-state index contributed by atoms with van der Waals surface area (Å²) in [6.45, 7) is 6.11. The molecule has 2 aromatic rings. The van der Waals surface area contributed by atoms with Crippen LogP contribution in [0.15, 0.2) is 52.8 Å². The quantitative estimate of drug-likeness (QED) is 0.849. The van der Waals surface area contributed by atoms with E-state index in [2.05, 4.69) is 42.3 Å². The number of sulfone groups is 1. The van der Waals surface area contributed by atoms with Gasteiger partial charge in [-0.1, -0.05) is 18.2 Å². The van der Waals surface area contributed by atoms with E-state index in [0.717, 1.165) is 17.6 Å². The van der Waals surface area contributed by atoms with Crippen molar-refractivity contribution >= 4 is 27.5 Å². The minimum Gasteiger partial charge on any atom is -0.370 e. The van der Waals surface area contributed by atoms with Crippen LogP contribution in [0.4, 0.5) is 5.69 Å². The Bertz CT molecular complexity index is 965.